The van der Waals surface area contributed by atoms with Crippen molar-refractivity contribution in [3.63, 3.8) is 0 Å². The predicted octanol–water partition coefficient (Wildman–Crippen LogP) is 3.39. The summed E-state index contributed by atoms with van der Waals surface area (Å²) in [5, 5.41) is 0. The molecule has 112 valence electrons. The first-order valence-corrected chi connectivity index (χ1v) is 6.78. The van der Waals surface area contributed by atoms with Gasteiger partial charge in [0.05, 0.1) is 14.2 Å². The van der Waals surface area contributed by atoms with Gasteiger partial charge in [-0.2, -0.15) is 0 Å². The zero-order valence-electron chi connectivity index (χ0n) is 12.5. The van der Waals surface area contributed by atoms with Crippen molar-refractivity contribution in [1.29, 1.82) is 0 Å². The van der Waals surface area contributed by atoms with Crippen molar-refractivity contribution in [2.45, 2.75) is 19.4 Å². The molecule has 2 N–H and O–H groups in total. The van der Waals surface area contributed by atoms with Crippen LogP contribution in [0.25, 0.3) is 0 Å². The fraction of sp³-hybridized carbons (Fsp3) is 0.294. The van der Waals surface area contributed by atoms with Gasteiger partial charge < -0.3 is 15.2 Å². The standard InChI is InChI=1S/C17H20FNO2/c1-11-7-8-13(16(9-11)21-3)14(19)10-12-5-4-6-15(20-2)17(12)18/h4-9,14H,10,19H2,1-3H3. The molecule has 0 heterocycles. The summed E-state index contributed by atoms with van der Waals surface area (Å²) in [6.07, 6.45) is 0.377. The van der Waals surface area contributed by atoms with E-state index in [0.29, 0.717) is 12.0 Å². The summed E-state index contributed by atoms with van der Waals surface area (Å²) in [7, 11) is 3.06. The van der Waals surface area contributed by atoms with Crippen LogP contribution in [0.1, 0.15) is 22.7 Å². The first-order valence-electron chi connectivity index (χ1n) is 6.78. The smallest absolute Gasteiger partial charge is 0.168 e. The second kappa shape index (κ2) is 6.59. The number of methoxy groups -OCH3 is 2. The van der Waals surface area contributed by atoms with Crippen molar-refractivity contribution in [3.05, 3.63) is 58.9 Å². The van der Waals surface area contributed by atoms with Gasteiger partial charge in [0, 0.05) is 11.6 Å². The van der Waals surface area contributed by atoms with Gasteiger partial charge in [0.25, 0.3) is 0 Å². The number of aryl methyl sites for hydroxylation is 1. The molecule has 0 amide bonds. The van der Waals surface area contributed by atoms with Gasteiger partial charge in [0.15, 0.2) is 11.6 Å². The first-order chi connectivity index (χ1) is 10.1. The summed E-state index contributed by atoms with van der Waals surface area (Å²) >= 11 is 0. The average molecular weight is 289 g/mol. The quantitative estimate of drug-likeness (QED) is 0.917. The molecule has 0 aliphatic rings. The Kier molecular flexibility index (Phi) is 4.81. The topological polar surface area (TPSA) is 44.5 Å². The third-order valence-corrected chi connectivity index (χ3v) is 3.49. The van der Waals surface area contributed by atoms with Crippen molar-refractivity contribution < 1.29 is 13.9 Å². The minimum absolute atomic E-state index is 0.232. The lowest BCUT2D eigenvalue weighted by molar-refractivity contribution is 0.383. The molecule has 0 aliphatic heterocycles. The molecule has 0 saturated heterocycles. The van der Waals surface area contributed by atoms with E-state index in [-0.39, 0.29) is 17.6 Å². The Morgan fingerprint density at radius 3 is 2.48 bits per heavy atom. The van der Waals surface area contributed by atoms with Crippen LogP contribution in [0.3, 0.4) is 0 Å². The Hall–Kier alpha value is -2.07. The van der Waals surface area contributed by atoms with Gasteiger partial charge in [-0.25, -0.2) is 4.39 Å². The highest BCUT2D eigenvalue weighted by molar-refractivity contribution is 5.40. The Morgan fingerprint density at radius 2 is 1.81 bits per heavy atom. The number of hydrogen-bond donors (Lipinski definition) is 1. The maximum absolute atomic E-state index is 14.2. The number of rotatable bonds is 5. The van der Waals surface area contributed by atoms with E-state index < -0.39 is 0 Å². The van der Waals surface area contributed by atoms with E-state index in [1.54, 1.807) is 25.3 Å². The molecule has 0 spiro atoms. The van der Waals surface area contributed by atoms with Gasteiger partial charge in [0.2, 0.25) is 0 Å². The molecule has 4 heteroatoms. The Bertz CT molecular complexity index is 628. The van der Waals surface area contributed by atoms with Crippen molar-refractivity contribution >= 4 is 0 Å². The minimum Gasteiger partial charge on any atom is -0.496 e. The molecule has 1 atom stereocenters. The van der Waals surface area contributed by atoms with Crippen LogP contribution in [0.5, 0.6) is 11.5 Å². The van der Waals surface area contributed by atoms with Gasteiger partial charge in [-0.15, -0.1) is 0 Å². The van der Waals surface area contributed by atoms with E-state index in [2.05, 4.69) is 0 Å². The third-order valence-electron chi connectivity index (χ3n) is 3.49. The zero-order chi connectivity index (χ0) is 15.4. The van der Waals surface area contributed by atoms with Gasteiger partial charge in [0.1, 0.15) is 5.75 Å². The highest BCUT2D eigenvalue weighted by atomic mass is 19.1. The fourth-order valence-corrected chi connectivity index (χ4v) is 2.34. The lowest BCUT2D eigenvalue weighted by atomic mass is 9.97. The largest absolute Gasteiger partial charge is 0.496 e. The number of benzene rings is 2. The summed E-state index contributed by atoms with van der Waals surface area (Å²) in [6, 6.07) is 10.6. The van der Waals surface area contributed by atoms with Gasteiger partial charge in [-0.3, -0.25) is 0 Å². The maximum atomic E-state index is 14.2. The van der Waals surface area contributed by atoms with Crippen LogP contribution in [-0.2, 0) is 6.42 Å². The molecule has 0 aliphatic carbocycles. The van der Waals surface area contributed by atoms with Crippen LogP contribution in [0.15, 0.2) is 36.4 Å². The summed E-state index contributed by atoms with van der Waals surface area (Å²) in [4.78, 5) is 0. The summed E-state index contributed by atoms with van der Waals surface area (Å²) < 4.78 is 24.5. The first kappa shape index (κ1) is 15.3. The SMILES string of the molecule is COc1cc(C)ccc1C(N)Cc1cccc(OC)c1F. The number of hydrogen-bond acceptors (Lipinski definition) is 3. The minimum atomic E-state index is -0.360. The third kappa shape index (κ3) is 3.34. The predicted molar refractivity (Wildman–Crippen MR) is 81.3 cm³/mol. The zero-order valence-corrected chi connectivity index (χ0v) is 12.5. The van der Waals surface area contributed by atoms with E-state index in [9.17, 15) is 4.39 Å². The second-order valence-electron chi connectivity index (χ2n) is 4.99. The molecule has 1 unspecified atom stereocenters. The Balaban J connectivity index is 2.28. The molecule has 0 fully saturated rings. The van der Waals surface area contributed by atoms with Crippen molar-refractivity contribution in [2.75, 3.05) is 14.2 Å². The van der Waals surface area contributed by atoms with Crippen LogP contribution in [0, 0.1) is 12.7 Å². The number of halogens is 1. The van der Waals surface area contributed by atoms with E-state index >= 15 is 0 Å². The second-order valence-corrected chi connectivity index (χ2v) is 4.99. The molecule has 2 rings (SSSR count). The van der Waals surface area contributed by atoms with E-state index in [1.165, 1.54) is 7.11 Å². The maximum Gasteiger partial charge on any atom is 0.168 e. The van der Waals surface area contributed by atoms with E-state index in [1.807, 2.05) is 25.1 Å². The molecule has 0 radical (unpaired) electrons. The van der Waals surface area contributed by atoms with Gasteiger partial charge >= 0.3 is 0 Å². The monoisotopic (exact) mass is 289 g/mol. The lowest BCUT2D eigenvalue weighted by Gasteiger charge is -2.17. The molecule has 0 aromatic heterocycles. The Labute approximate surface area is 124 Å². The van der Waals surface area contributed by atoms with Crippen molar-refractivity contribution in [3.8, 4) is 11.5 Å². The molecule has 2 aromatic rings. The van der Waals surface area contributed by atoms with Crippen molar-refractivity contribution in [1.82, 2.24) is 0 Å². The van der Waals surface area contributed by atoms with E-state index in [0.717, 1.165) is 16.9 Å². The lowest BCUT2D eigenvalue weighted by Crippen LogP contribution is -2.15. The van der Waals surface area contributed by atoms with Crippen LogP contribution >= 0.6 is 0 Å². The average Bonchev–Trinajstić information content (AvgIpc) is 2.49. The molecule has 0 bridgehead atoms. The highest BCUT2D eigenvalue weighted by Gasteiger charge is 2.16. The van der Waals surface area contributed by atoms with Crippen molar-refractivity contribution in [2.24, 2.45) is 5.73 Å². The van der Waals surface area contributed by atoms with Crippen LogP contribution in [-0.4, -0.2) is 14.2 Å². The summed E-state index contributed by atoms with van der Waals surface area (Å²) in [6.45, 7) is 1.99. The molecule has 3 nitrogen and oxygen atoms in total. The molecular weight excluding hydrogens is 269 g/mol. The summed E-state index contributed by atoms with van der Waals surface area (Å²) in [5.74, 6) is 0.600. The normalized spacial score (nSPS) is 12.0. The fourth-order valence-electron chi connectivity index (χ4n) is 2.34. The molecule has 2 aromatic carbocycles. The van der Waals surface area contributed by atoms with Crippen LogP contribution in [0.2, 0.25) is 0 Å². The van der Waals surface area contributed by atoms with Gasteiger partial charge in [-0.05, 0) is 36.6 Å². The van der Waals surface area contributed by atoms with Crippen LogP contribution < -0.4 is 15.2 Å². The molecule has 0 saturated carbocycles. The van der Waals surface area contributed by atoms with Crippen LogP contribution in [0.4, 0.5) is 4.39 Å². The summed E-state index contributed by atoms with van der Waals surface area (Å²) in [5.41, 5.74) is 8.72. The number of ether oxygens (including phenoxy) is 2. The molecule has 21 heavy (non-hydrogen) atoms. The molecular formula is C17H20FNO2. The van der Waals surface area contributed by atoms with E-state index in [4.69, 9.17) is 15.2 Å². The number of nitrogens with two attached hydrogens (primary N) is 1. The highest BCUT2D eigenvalue weighted by Crippen LogP contribution is 2.29. The Morgan fingerprint density at radius 1 is 1.10 bits per heavy atom. The van der Waals surface area contributed by atoms with Gasteiger partial charge in [-0.1, -0.05) is 24.3 Å².